The molecule has 0 aliphatic heterocycles. The van der Waals surface area contributed by atoms with Gasteiger partial charge in [-0.3, -0.25) is 4.79 Å². The normalized spacial score (nSPS) is 11.9. The fourth-order valence-corrected chi connectivity index (χ4v) is 1.79. The number of halogens is 1. The van der Waals surface area contributed by atoms with Crippen LogP contribution in [0.25, 0.3) is 0 Å². The molecule has 98 valence electrons. The van der Waals surface area contributed by atoms with Gasteiger partial charge in [0.2, 0.25) is 0 Å². The lowest BCUT2D eigenvalue weighted by Crippen LogP contribution is -2.22. The second-order valence-corrected chi connectivity index (χ2v) is 4.27. The number of pyridine rings is 1. The van der Waals surface area contributed by atoms with Crippen LogP contribution in [0.3, 0.4) is 0 Å². The molecule has 0 aliphatic rings. The second kappa shape index (κ2) is 6.31. The van der Waals surface area contributed by atoms with Crippen molar-refractivity contribution in [2.75, 3.05) is 12.4 Å². The maximum absolute atomic E-state index is 12.1. The predicted octanol–water partition coefficient (Wildman–Crippen LogP) is 3.06. The molecule has 0 radical (unpaired) electrons. The first-order chi connectivity index (χ1) is 9.20. The third-order valence-corrected chi connectivity index (χ3v) is 2.79. The van der Waals surface area contributed by atoms with Crippen LogP contribution in [0.1, 0.15) is 11.7 Å². The van der Waals surface area contributed by atoms with Gasteiger partial charge in [0, 0.05) is 7.11 Å². The van der Waals surface area contributed by atoms with Crippen molar-refractivity contribution in [2.24, 2.45) is 0 Å². The van der Waals surface area contributed by atoms with E-state index in [9.17, 15) is 4.79 Å². The number of amides is 1. The number of aromatic nitrogens is 1. The molecule has 1 unspecified atom stereocenters. The molecule has 2 aromatic rings. The van der Waals surface area contributed by atoms with E-state index in [2.05, 4.69) is 10.3 Å². The highest BCUT2D eigenvalue weighted by Crippen LogP contribution is 2.19. The van der Waals surface area contributed by atoms with Gasteiger partial charge in [-0.25, -0.2) is 4.98 Å². The first kappa shape index (κ1) is 13.5. The van der Waals surface area contributed by atoms with E-state index in [1.54, 1.807) is 12.1 Å². The molecule has 1 atom stereocenters. The van der Waals surface area contributed by atoms with E-state index in [4.69, 9.17) is 16.3 Å². The van der Waals surface area contributed by atoms with Crippen LogP contribution >= 0.6 is 11.6 Å². The summed E-state index contributed by atoms with van der Waals surface area (Å²) in [6.45, 7) is 0. The second-order valence-electron chi connectivity index (χ2n) is 3.89. The molecule has 0 fully saturated rings. The number of hydrogen-bond donors (Lipinski definition) is 1. The number of nitrogens with zero attached hydrogens (tertiary/aromatic N) is 1. The average Bonchev–Trinajstić information content (AvgIpc) is 2.43. The maximum atomic E-state index is 12.1. The van der Waals surface area contributed by atoms with Gasteiger partial charge < -0.3 is 10.1 Å². The van der Waals surface area contributed by atoms with Gasteiger partial charge in [0.15, 0.2) is 6.10 Å². The summed E-state index contributed by atoms with van der Waals surface area (Å²) < 4.78 is 5.24. The fraction of sp³-hybridized carbons (Fsp3) is 0.143. The van der Waals surface area contributed by atoms with Gasteiger partial charge >= 0.3 is 0 Å². The van der Waals surface area contributed by atoms with Gasteiger partial charge in [-0.15, -0.1) is 0 Å². The standard InChI is InChI=1S/C14H13ClN2O2/c1-19-13(10-5-3-2-4-6-10)14(18)17-11-7-8-12(15)16-9-11/h2-9,13H,1H3,(H,17,18). The number of benzene rings is 1. The molecule has 1 aromatic carbocycles. The highest BCUT2D eigenvalue weighted by molar-refractivity contribution is 6.29. The quantitative estimate of drug-likeness (QED) is 0.873. The van der Waals surface area contributed by atoms with E-state index in [0.29, 0.717) is 10.8 Å². The summed E-state index contributed by atoms with van der Waals surface area (Å²) in [7, 11) is 1.50. The molecule has 4 nitrogen and oxygen atoms in total. The molecule has 1 heterocycles. The molecule has 5 heteroatoms. The van der Waals surface area contributed by atoms with Crippen LogP contribution in [0.5, 0.6) is 0 Å². The lowest BCUT2D eigenvalue weighted by molar-refractivity contribution is -0.126. The van der Waals surface area contributed by atoms with E-state index in [-0.39, 0.29) is 5.91 Å². The summed E-state index contributed by atoms with van der Waals surface area (Å²) in [5, 5.41) is 3.11. The Hall–Kier alpha value is -1.91. The van der Waals surface area contributed by atoms with Crippen molar-refractivity contribution in [2.45, 2.75) is 6.10 Å². The Morgan fingerprint density at radius 1 is 1.26 bits per heavy atom. The molecular formula is C14H13ClN2O2. The van der Waals surface area contributed by atoms with Crippen LogP contribution in [0.2, 0.25) is 5.15 Å². The molecular weight excluding hydrogens is 264 g/mol. The van der Waals surface area contributed by atoms with Gasteiger partial charge in [-0.1, -0.05) is 41.9 Å². The molecule has 19 heavy (non-hydrogen) atoms. The first-order valence-corrected chi connectivity index (χ1v) is 6.08. The molecule has 1 amide bonds. The van der Waals surface area contributed by atoms with Crippen molar-refractivity contribution >= 4 is 23.2 Å². The average molecular weight is 277 g/mol. The molecule has 0 spiro atoms. The Kier molecular flexibility index (Phi) is 4.49. The minimum atomic E-state index is -0.656. The van der Waals surface area contributed by atoms with Gasteiger partial charge in [0.1, 0.15) is 5.15 Å². The third kappa shape index (κ3) is 3.53. The number of hydrogen-bond acceptors (Lipinski definition) is 3. The van der Waals surface area contributed by atoms with E-state index < -0.39 is 6.10 Å². The number of carbonyl (C=O) groups is 1. The van der Waals surface area contributed by atoms with Crippen molar-refractivity contribution < 1.29 is 9.53 Å². The van der Waals surface area contributed by atoms with Crippen LogP contribution < -0.4 is 5.32 Å². The number of methoxy groups -OCH3 is 1. The molecule has 0 bridgehead atoms. The maximum Gasteiger partial charge on any atom is 0.258 e. The minimum absolute atomic E-state index is 0.252. The lowest BCUT2D eigenvalue weighted by Gasteiger charge is -2.15. The summed E-state index contributed by atoms with van der Waals surface area (Å²) in [4.78, 5) is 16.0. The smallest absolute Gasteiger partial charge is 0.258 e. The van der Waals surface area contributed by atoms with E-state index in [1.165, 1.54) is 13.3 Å². The molecule has 0 saturated carbocycles. The zero-order valence-corrected chi connectivity index (χ0v) is 11.1. The van der Waals surface area contributed by atoms with Crippen LogP contribution in [-0.2, 0) is 9.53 Å². The fourth-order valence-electron chi connectivity index (χ4n) is 1.68. The van der Waals surface area contributed by atoms with Gasteiger partial charge in [0.25, 0.3) is 5.91 Å². The first-order valence-electron chi connectivity index (χ1n) is 5.71. The highest BCUT2D eigenvalue weighted by Gasteiger charge is 2.19. The van der Waals surface area contributed by atoms with Crippen molar-refractivity contribution in [1.82, 2.24) is 4.98 Å². The molecule has 0 saturated heterocycles. The van der Waals surface area contributed by atoms with Gasteiger partial charge in [-0.05, 0) is 17.7 Å². The van der Waals surface area contributed by atoms with E-state index >= 15 is 0 Å². The SMILES string of the molecule is COC(C(=O)Nc1ccc(Cl)nc1)c1ccccc1. The molecule has 1 N–H and O–H groups in total. The van der Waals surface area contributed by atoms with Gasteiger partial charge in [0.05, 0.1) is 11.9 Å². The van der Waals surface area contributed by atoms with E-state index in [0.717, 1.165) is 5.56 Å². The molecule has 0 aliphatic carbocycles. The Bertz CT molecular complexity index is 543. The van der Waals surface area contributed by atoms with Crippen LogP contribution in [-0.4, -0.2) is 18.0 Å². The Morgan fingerprint density at radius 3 is 2.58 bits per heavy atom. The lowest BCUT2D eigenvalue weighted by atomic mass is 10.1. The Labute approximate surface area is 116 Å². The van der Waals surface area contributed by atoms with Gasteiger partial charge in [-0.2, -0.15) is 0 Å². The summed E-state index contributed by atoms with van der Waals surface area (Å²) in [6.07, 6.45) is 0.842. The summed E-state index contributed by atoms with van der Waals surface area (Å²) >= 11 is 5.69. The molecule has 1 aromatic heterocycles. The van der Waals surface area contributed by atoms with Crippen LogP contribution in [0.4, 0.5) is 5.69 Å². The largest absolute Gasteiger partial charge is 0.367 e. The van der Waals surface area contributed by atoms with Crippen molar-refractivity contribution in [1.29, 1.82) is 0 Å². The Morgan fingerprint density at radius 2 is 2.00 bits per heavy atom. The minimum Gasteiger partial charge on any atom is -0.367 e. The number of ether oxygens (including phenoxy) is 1. The topological polar surface area (TPSA) is 51.2 Å². The summed E-state index contributed by atoms with van der Waals surface area (Å²) in [6, 6.07) is 12.6. The van der Waals surface area contributed by atoms with Crippen molar-refractivity contribution in [3.8, 4) is 0 Å². The molecule has 2 rings (SSSR count). The zero-order valence-electron chi connectivity index (χ0n) is 10.3. The van der Waals surface area contributed by atoms with Crippen molar-refractivity contribution in [3.05, 3.63) is 59.4 Å². The predicted molar refractivity (Wildman–Crippen MR) is 74.1 cm³/mol. The Balaban J connectivity index is 2.11. The number of carbonyl (C=O) groups excluding carboxylic acids is 1. The highest BCUT2D eigenvalue weighted by atomic mass is 35.5. The monoisotopic (exact) mass is 276 g/mol. The zero-order chi connectivity index (χ0) is 13.7. The number of rotatable bonds is 4. The summed E-state index contributed by atoms with van der Waals surface area (Å²) in [5.74, 6) is -0.252. The van der Waals surface area contributed by atoms with Crippen molar-refractivity contribution in [3.63, 3.8) is 0 Å². The van der Waals surface area contributed by atoms with Crippen LogP contribution in [0, 0.1) is 0 Å². The number of nitrogens with one attached hydrogen (secondary N) is 1. The summed E-state index contributed by atoms with van der Waals surface area (Å²) in [5.41, 5.74) is 1.37. The number of anilines is 1. The van der Waals surface area contributed by atoms with E-state index in [1.807, 2.05) is 30.3 Å². The van der Waals surface area contributed by atoms with Crippen LogP contribution in [0.15, 0.2) is 48.7 Å². The third-order valence-electron chi connectivity index (χ3n) is 2.57.